The van der Waals surface area contributed by atoms with E-state index in [1.54, 1.807) is 0 Å². The Morgan fingerprint density at radius 1 is 1.58 bits per heavy atom. The van der Waals surface area contributed by atoms with Gasteiger partial charge in [-0.15, -0.1) is 0 Å². The molecule has 1 aromatic rings. The summed E-state index contributed by atoms with van der Waals surface area (Å²) < 4.78 is 31.8. The van der Waals surface area contributed by atoms with Crippen molar-refractivity contribution < 1.29 is 13.2 Å². The molecule has 2 rings (SSSR count). The largest absolute Gasteiger partial charge is 0.381 e. The van der Waals surface area contributed by atoms with Crippen LogP contribution in [-0.4, -0.2) is 44.0 Å². The molecular formula is C12H17ClN2O3S. The monoisotopic (exact) mass is 304 g/mol. The fourth-order valence-corrected chi connectivity index (χ4v) is 3.88. The van der Waals surface area contributed by atoms with Gasteiger partial charge < -0.3 is 4.74 Å². The molecule has 0 bridgehead atoms. The van der Waals surface area contributed by atoms with Gasteiger partial charge in [0.15, 0.2) is 0 Å². The first kappa shape index (κ1) is 14.7. The molecule has 106 valence electrons. The second kappa shape index (κ2) is 6.17. The third-order valence-corrected chi connectivity index (χ3v) is 5.32. The van der Waals surface area contributed by atoms with Crippen LogP contribution in [0.25, 0.3) is 0 Å². The third-order valence-electron chi connectivity index (χ3n) is 3.17. The van der Waals surface area contributed by atoms with Crippen LogP contribution < -0.4 is 0 Å². The number of halogens is 1. The van der Waals surface area contributed by atoms with Crippen LogP contribution in [0.15, 0.2) is 23.2 Å². The van der Waals surface area contributed by atoms with E-state index in [0.29, 0.717) is 26.3 Å². The first-order valence-corrected chi connectivity index (χ1v) is 8.05. The van der Waals surface area contributed by atoms with Crippen LogP contribution in [0.5, 0.6) is 0 Å². The van der Waals surface area contributed by atoms with E-state index in [9.17, 15) is 8.42 Å². The lowest BCUT2D eigenvalue weighted by Gasteiger charge is -2.23. The SMILES string of the molecule is CCN(CC1CCOC1)S(=O)(=O)c1ccnc(Cl)c1. The molecule has 1 saturated heterocycles. The summed E-state index contributed by atoms with van der Waals surface area (Å²) in [4.78, 5) is 3.99. The van der Waals surface area contributed by atoms with Crippen LogP contribution in [0, 0.1) is 5.92 Å². The van der Waals surface area contributed by atoms with Crippen molar-refractivity contribution in [2.24, 2.45) is 5.92 Å². The standard InChI is InChI=1S/C12H17ClN2O3S/c1-2-15(8-10-4-6-18-9-10)19(16,17)11-3-5-14-12(13)7-11/h3,5,7,10H,2,4,6,8-9H2,1H3. The van der Waals surface area contributed by atoms with Crippen LogP contribution in [0.2, 0.25) is 5.15 Å². The maximum Gasteiger partial charge on any atom is 0.243 e. The lowest BCUT2D eigenvalue weighted by molar-refractivity contribution is 0.181. The van der Waals surface area contributed by atoms with E-state index < -0.39 is 10.0 Å². The van der Waals surface area contributed by atoms with Gasteiger partial charge in [0, 0.05) is 25.9 Å². The number of sulfonamides is 1. The minimum Gasteiger partial charge on any atom is -0.381 e. The number of pyridine rings is 1. The lowest BCUT2D eigenvalue weighted by atomic mass is 10.1. The average Bonchev–Trinajstić information content (AvgIpc) is 2.88. The van der Waals surface area contributed by atoms with E-state index in [4.69, 9.17) is 16.3 Å². The van der Waals surface area contributed by atoms with Crippen molar-refractivity contribution in [2.45, 2.75) is 18.2 Å². The molecule has 7 heteroatoms. The van der Waals surface area contributed by atoms with Gasteiger partial charge >= 0.3 is 0 Å². The first-order chi connectivity index (χ1) is 9.04. The summed E-state index contributed by atoms with van der Waals surface area (Å²) in [6, 6.07) is 2.85. The van der Waals surface area contributed by atoms with Crippen molar-refractivity contribution in [3.05, 3.63) is 23.5 Å². The number of hydrogen-bond acceptors (Lipinski definition) is 4. The molecule has 0 radical (unpaired) electrons. The van der Waals surface area contributed by atoms with Crippen LogP contribution in [0.4, 0.5) is 0 Å². The first-order valence-electron chi connectivity index (χ1n) is 6.23. The molecule has 2 heterocycles. The Bertz CT molecular complexity index is 530. The summed E-state index contributed by atoms with van der Waals surface area (Å²) in [5.41, 5.74) is 0. The van der Waals surface area contributed by atoms with Gasteiger partial charge in [-0.3, -0.25) is 0 Å². The van der Waals surface area contributed by atoms with Crippen LogP contribution in [-0.2, 0) is 14.8 Å². The summed E-state index contributed by atoms with van der Waals surface area (Å²) in [6.45, 7) is 4.08. The molecule has 19 heavy (non-hydrogen) atoms. The molecule has 1 fully saturated rings. The maximum absolute atomic E-state index is 12.5. The number of aromatic nitrogens is 1. The van der Waals surface area contributed by atoms with Crippen molar-refractivity contribution in [3.8, 4) is 0 Å². The molecule has 1 aromatic heterocycles. The minimum absolute atomic E-state index is 0.182. The highest BCUT2D eigenvalue weighted by Crippen LogP contribution is 2.21. The molecule has 1 atom stereocenters. The topological polar surface area (TPSA) is 59.5 Å². The van der Waals surface area contributed by atoms with Gasteiger partial charge in [0.1, 0.15) is 5.15 Å². The smallest absolute Gasteiger partial charge is 0.243 e. The number of hydrogen-bond donors (Lipinski definition) is 0. The second-order valence-electron chi connectivity index (χ2n) is 4.50. The second-order valence-corrected chi connectivity index (χ2v) is 6.82. The van der Waals surface area contributed by atoms with E-state index in [1.165, 1.54) is 22.6 Å². The van der Waals surface area contributed by atoms with Gasteiger partial charge in [-0.1, -0.05) is 18.5 Å². The number of rotatable bonds is 5. The summed E-state index contributed by atoms with van der Waals surface area (Å²) >= 11 is 5.75. The maximum atomic E-state index is 12.5. The molecule has 5 nitrogen and oxygen atoms in total. The summed E-state index contributed by atoms with van der Waals surface area (Å²) in [6.07, 6.45) is 2.31. The fraction of sp³-hybridized carbons (Fsp3) is 0.583. The molecule has 0 aliphatic carbocycles. The zero-order valence-corrected chi connectivity index (χ0v) is 12.3. The van der Waals surface area contributed by atoms with Gasteiger partial charge in [-0.05, 0) is 24.5 Å². The van der Waals surface area contributed by atoms with Gasteiger partial charge in [-0.2, -0.15) is 4.31 Å². The highest BCUT2D eigenvalue weighted by atomic mass is 35.5. The van der Waals surface area contributed by atoms with E-state index >= 15 is 0 Å². The van der Waals surface area contributed by atoms with Crippen molar-refractivity contribution >= 4 is 21.6 Å². The quantitative estimate of drug-likeness (QED) is 0.778. The van der Waals surface area contributed by atoms with E-state index in [2.05, 4.69) is 4.98 Å². The molecule has 0 aromatic carbocycles. The number of nitrogens with zero attached hydrogens (tertiary/aromatic N) is 2. The predicted octanol–water partition coefficient (Wildman–Crippen LogP) is 1.78. The van der Waals surface area contributed by atoms with E-state index in [-0.39, 0.29) is 16.0 Å². The highest BCUT2D eigenvalue weighted by molar-refractivity contribution is 7.89. The summed E-state index contributed by atoms with van der Waals surface area (Å²) in [5, 5.41) is 0.182. The Kier molecular flexibility index (Phi) is 4.78. The normalized spacial score (nSPS) is 20.1. The molecule has 1 aliphatic heterocycles. The van der Waals surface area contributed by atoms with Gasteiger partial charge in [0.2, 0.25) is 10.0 Å². The molecular weight excluding hydrogens is 288 g/mol. The van der Waals surface area contributed by atoms with Crippen LogP contribution >= 0.6 is 11.6 Å². The van der Waals surface area contributed by atoms with Crippen LogP contribution in [0.3, 0.4) is 0 Å². The fourth-order valence-electron chi connectivity index (χ4n) is 2.11. The average molecular weight is 305 g/mol. The molecule has 1 unspecified atom stereocenters. The summed E-state index contributed by atoms with van der Waals surface area (Å²) in [5.74, 6) is 0.270. The highest BCUT2D eigenvalue weighted by Gasteiger charge is 2.27. The number of ether oxygens (including phenoxy) is 1. The third kappa shape index (κ3) is 3.45. The van der Waals surface area contributed by atoms with Crippen LogP contribution in [0.1, 0.15) is 13.3 Å². The summed E-state index contributed by atoms with van der Waals surface area (Å²) in [7, 11) is -3.51. The molecule has 0 spiro atoms. The molecule has 1 aliphatic rings. The lowest BCUT2D eigenvalue weighted by Crippen LogP contribution is -2.35. The Hall–Kier alpha value is -0.690. The van der Waals surface area contributed by atoms with Gasteiger partial charge in [0.05, 0.1) is 11.5 Å². The minimum atomic E-state index is -3.51. The van der Waals surface area contributed by atoms with Gasteiger partial charge in [0.25, 0.3) is 0 Å². The van der Waals surface area contributed by atoms with E-state index in [0.717, 1.165) is 6.42 Å². The Morgan fingerprint density at radius 3 is 2.95 bits per heavy atom. The Balaban J connectivity index is 2.20. The zero-order chi connectivity index (χ0) is 13.9. The molecule has 0 N–H and O–H groups in total. The van der Waals surface area contributed by atoms with E-state index in [1.807, 2.05) is 6.92 Å². The van der Waals surface area contributed by atoms with Crippen molar-refractivity contribution in [2.75, 3.05) is 26.3 Å². The van der Waals surface area contributed by atoms with Crippen molar-refractivity contribution in [3.63, 3.8) is 0 Å². The van der Waals surface area contributed by atoms with Gasteiger partial charge in [-0.25, -0.2) is 13.4 Å². The molecule has 0 amide bonds. The molecule has 0 saturated carbocycles. The Morgan fingerprint density at radius 2 is 2.37 bits per heavy atom. The zero-order valence-electron chi connectivity index (χ0n) is 10.8. The van der Waals surface area contributed by atoms with Crippen molar-refractivity contribution in [1.29, 1.82) is 0 Å². The predicted molar refractivity (Wildman–Crippen MR) is 72.6 cm³/mol. The Labute approximate surface area is 118 Å². The van der Waals surface area contributed by atoms with Crippen molar-refractivity contribution in [1.82, 2.24) is 9.29 Å².